The number of rotatable bonds is 14. The maximum atomic E-state index is 16.6. The number of benzene rings is 5. The first-order chi connectivity index (χ1) is 46.0. The summed E-state index contributed by atoms with van der Waals surface area (Å²) < 4.78 is 36.2. The molecule has 5 aliphatic heterocycles. The van der Waals surface area contributed by atoms with Crippen LogP contribution >= 0.6 is 0 Å². The molecule has 0 aliphatic carbocycles. The fourth-order valence-electron chi connectivity index (χ4n) is 12.1. The summed E-state index contributed by atoms with van der Waals surface area (Å²) in [6, 6.07) is 36.1. The zero-order valence-electron chi connectivity index (χ0n) is 53.3. The maximum Gasteiger partial charge on any atom is 0.429 e. The van der Waals surface area contributed by atoms with Gasteiger partial charge in [-0.25, -0.2) is 64.0 Å². The van der Waals surface area contributed by atoms with Crippen molar-refractivity contribution in [1.29, 1.82) is 0 Å². The molecule has 8 unspecified atom stereocenters. The van der Waals surface area contributed by atoms with Crippen LogP contribution in [0.5, 0.6) is 0 Å². The Hall–Kier alpha value is -10.1. The molecule has 0 radical (unpaired) electrons. The van der Waals surface area contributed by atoms with Crippen molar-refractivity contribution in [3.05, 3.63) is 179 Å². The minimum absolute atomic E-state index is 0.00103. The van der Waals surface area contributed by atoms with Gasteiger partial charge in [-0.1, -0.05) is 166 Å². The average Bonchev–Trinajstić information content (AvgIpc) is 0.758. The molecule has 2 N–H and O–H groups in total. The second-order valence-electron chi connectivity index (χ2n) is 24.2. The van der Waals surface area contributed by atoms with Crippen LogP contribution in [0.15, 0.2) is 152 Å². The van der Waals surface area contributed by atoms with Crippen molar-refractivity contribution in [3.8, 4) is 0 Å². The first-order valence-corrected chi connectivity index (χ1v) is 32.0. The largest absolute Gasteiger partial charge is 0.450 e. The Kier molecular flexibility index (Phi) is 22.3. The SMILES string of the molecule is CCC(C)C1OC(=O)C(C)(CO)NC(=O)C2CC(OCc3ccccc3)CN(C(=O)OCc3ccccc3)N2C(=O)C2CCCN(C(=O)OCc3ccccc3)N2C(=O)C2CCCN(C(=O)OCc3ccccc3)N2C(=O)C2CCCN(C(=O)OCc3ccccc3)N2C1=O. The van der Waals surface area contributed by atoms with E-state index in [1.165, 1.54) is 0 Å². The van der Waals surface area contributed by atoms with Crippen molar-refractivity contribution in [2.75, 3.05) is 32.8 Å². The lowest BCUT2D eigenvalue weighted by molar-refractivity contribution is -0.201. The van der Waals surface area contributed by atoms with Gasteiger partial charge in [0.25, 0.3) is 23.6 Å². The van der Waals surface area contributed by atoms with Crippen LogP contribution < -0.4 is 5.32 Å². The summed E-state index contributed by atoms with van der Waals surface area (Å²) in [6.07, 6.45) is -8.48. The number of ether oxygens (including phenoxy) is 6. The molecule has 5 saturated heterocycles. The molecular formula is C69H79N9O17. The molecule has 0 spiro atoms. The molecule has 0 bridgehead atoms. The van der Waals surface area contributed by atoms with Gasteiger partial charge in [-0.2, -0.15) is 0 Å². The number of amides is 9. The van der Waals surface area contributed by atoms with E-state index < -0.39 is 127 Å². The normalized spacial score (nSPS) is 23.3. The monoisotopic (exact) mass is 1310 g/mol. The van der Waals surface area contributed by atoms with Crippen LogP contribution in [0.2, 0.25) is 0 Å². The number of hydrogen-bond acceptors (Lipinski definition) is 17. The van der Waals surface area contributed by atoms with Crippen molar-refractivity contribution in [2.45, 2.75) is 147 Å². The lowest BCUT2D eigenvalue weighted by atomic mass is 9.96. The molecular weight excluding hydrogens is 1230 g/mol. The molecule has 26 nitrogen and oxygen atoms in total. The number of aliphatic hydroxyl groups excluding tert-OH is 1. The van der Waals surface area contributed by atoms with E-state index in [1.807, 2.05) is 6.07 Å². The van der Waals surface area contributed by atoms with Gasteiger partial charge in [0.1, 0.15) is 50.6 Å². The van der Waals surface area contributed by atoms with Crippen LogP contribution in [0, 0.1) is 5.92 Å². The van der Waals surface area contributed by atoms with Gasteiger partial charge >= 0.3 is 30.3 Å². The van der Waals surface area contributed by atoms with Gasteiger partial charge in [0.15, 0.2) is 11.6 Å². The summed E-state index contributed by atoms with van der Waals surface area (Å²) in [7, 11) is 0. The minimum atomic E-state index is -2.47. The number of nitrogens with one attached hydrogen (secondary N) is 1. The molecule has 26 heteroatoms. The summed E-state index contributed by atoms with van der Waals surface area (Å²) in [5, 5.41) is 20.8. The Labute approximate surface area is 549 Å². The Morgan fingerprint density at radius 1 is 0.495 bits per heavy atom. The third-order valence-electron chi connectivity index (χ3n) is 17.5. The number of carbonyl (C=O) groups excluding carboxylic acids is 10. The number of hydrogen-bond donors (Lipinski definition) is 2. The van der Waals surface area contributed by atoms with Gasteiger partial charge in [-0.05, 0) is 79.7 Å². The highest BCUT2D eigenvalue weighted by Gasteiger charge is 2.56. The second kappa shape index (κ2) is 31.2. The lowest BCUT2D eigenvalue weighted by Gasteiger charge is -2.52. The molecule has 5 fully saturated rings. The quantitative estimate of drug-likeness (QED) is 0.0821. The second-order valence-corrected chi connectivity index (χ2v) is 24.2. The number of aliphatic hydroxyl groups is 1. The first kappa shape index (κ1) is 67.8. The van der Waals surface area contributed by atoms with E-state index in [9.17, 15) is 19.5 Å². The number of nitrogens with zero attached hydrogens (tertiary/aromatic N) is 8. The highest BCUT2D eigenvalue weighted by Crippen LogP contribution is 2.35. The Morgan fingerprint density at radius 2 is 0.821 bits per heavy atom. The van der Waals surface area contributed by atoms with E-state index in [0.717, 1.165) is 47.0 Å². The average molecular weight is 1310 g/mol. The zero-order chi connectivity index (χ0) is 67.2. The van der Waals surface area contributed by atoms with E-state index in [1.54, 1.807) is 159 Å². The van der Waals surface area contributed by atoms with Crippen molar-refractivity contribution in [2.24, 2.45) is 5.92 Å². The summed E-state index contributed by atoms with van der Waals surface area (Å²) in [5.41, 5.74) is 0.466. The standard InChI is InChI=1S/C69H79N9O17/c1-4-47(2)58-63(84)77-56(35-22-38-73(77)67(88)93-44-51-29-16-8-17-30-51)61(82)75-54(33-20-36-71(75)65(86)91-42-49-25-12-6-13-26-49)60(81)76-55(34-21-37-72(76)66(87)92-43-50-27-14-7-15-28-50)62(83)78-57(59(80)70-69(3,46-79)64(85)95-58)39-53(90-41-48-23-10-5-11-24-48)40-74(78)68(89)94-45-52-31-18-9-19-32-52/h5-19,23-32,47,53-58,79H,4,20-22,33-46H2,1-3H3,(H,70,80). The van der Waals surface area contributed by atoms with Crippen LogP contribution in [0.1, 0.15) is 100.0 Å². The number of esters is 1. The fourth-order valence-corrected chi connectivity index (χ4v) is 12.1. The zero-order valence-corrected chi connectivity index (χ0v) is 53.3. The Bertz CT molecular complexity index is 3530. The molecule has 5 aromatic rings. The minimum Gasteiger partial charge on any atom is -0.450 e. The Morgan fingerprint density at radius 3 is 1.17 bits per heavy atom. The molecule has 5 aliphatic rings. The predicted molar refractivity (Wildman–Crippen MR) is 336 cm³/mol. The summed E-state index contributed by atoms with van der Waals surface area (Å²) in [5.74, 6) is -7.96. The van der Waals surface area contributed by atoms with Crippen LogP contribution in [-0.4, -0.2) is 180 Å². The summed E-state index contributed by atoms with van der Waals surface area (Å²) >= 11 is 0. The Balaban J connectivity index is 1.15. The smallest absolute Gasteiger partial charge is 0.429 e. The van der Waals surface area contributed by atoms with Crippen LogP contribution in [0.25, 0.3) is 0 Å². The van der Waals surface area contributed by atoms with E-state index in [2.05, 4.69) is 5.32 Å². The molecule has 5 aromatic carbocycles. The topological polar surface area (TPSA) is 284 Å². The molecule has 95 heavy (non-hydrogen) atoms. The van der Waals surface area contributed by atoms with Crippen molar-refractivity contribution >= 4 is 59.9 Å². The molecule has 9 amide bonds. The number of cyclic esters (lactones) is 1. The first-order valence-electron chi connectivity index (χ1n) is 32.0. The van der Waals surface area contributed by atoms with Crippen molar-refractivity contribution < 1.29 is 81.5 Å². The van der Waals surface area contributed by atoms with Crippen LogP contribution in [0.3, 0.4) is 0 Å². The molecule has 0 aromatic heterocycles. The van der Waals surface area contributed by atoms with Crippen LogP contribution in [-0.2, 0) is 90.2 Å². The number of fused-ring (bicyclic) bond motifs is 4. The van der Waals surface area contributed by atoms with Crippen molar-refractivity contribution in [3.63, 3.8) is 0 Å². The maximum absolute atomic E-state index is 16.6. The summed E-state index contributed by atoms with van der Waals surface area (Å²) in [4.78, 5) is 156. The molecule has 5 heterocycles. The predicted octanol–water partition coefficient (Wildman–Crippen LogP) is 7.20. The highest BCUT2D eigenvalue weighted by molar-refractivity contribution is 6.00. The number of carbonyl (C=O) groups is 10. The van der Waals surface area contributed by atoms with Gasteiger partial charge in [0, 0.05) is 32.0 Å². The van der Waals surface area contributed by atoms with Gasteiger partial charge in [-0.15, -0.1) is 0 Å². The van der Waals surface area contributed by atoms with Gasteiger partial charge in [-0.3, -0.25) is 24.0 Å². The van der Waals surface area contributed by atoms with E-state index in [0.29, 0.717) is 27.8 Å². The van der Waals surface area contributed by atoms with Crippen molar-refractivity contribution in [1.82, 2.24) is 45.4 Å². The van der Waals surface area contributed by atoms with E-state index in [-0.39, 0.29) is 97.6 Å². The fraction of sp³-hybridized carbons (Fsp3) is 0.420. The van der Waals surface area contributed by atoms with E-state index >= 15 is 33.6 Å². The van der Waals surface area contributed by atoms with Gasteiger partial charge < -0.3 is 38.8 Å². The molecule has 8 atom stereocenters. The molecule has 502 valence electrons. The van der Waals surface area contributed by atoms with Crippen LogP contribution in [0.4, 0.5) is 19.2 Å². The molecule has 0 saturated carbocycles. The summed E-state index contributed by atoms with van der Waals surface area (Å²) in [6.45, 7) is 0.692. The number of hydrazine groups is 4. The highest BCUT2D eigenvalue weighted by atomic mass is 16.6. The van der Waals surface area contributed by atoms with E-state index in [4.69, 9.17) is 28.4 Å². The molecule has 10 rings (SSSR count). The third kappa shape index (κ3) is 15.8. The third-order valence-corrected chi connectivity index (χ3v) is 17.5. The van der Waals surface area contributed by atoms with Gasteiger partial charge in [0.2, 0.25) is 5.91 Å². The lowest BCUT2D eigenvalue weighted by Crippen LogP contribution is -2.74. The van der Waals surface area contributed by atoms with Gasteiger partial charge in [0.05, 0.1) is 25.9 Å².